The number of hydrogen-bond donors (Lipinski definition) is 1. The number of ketones is 1. The SMILES string of the molecule is NC(=O)C(CC(=O)c1ccccc1F)c1ccc2ccccc2c1. The number of Topliss-reactive ketones (excluding diaryl/α,β-unsaturated/α-hetero) is 1. The Kier molecular flexibility index (Phi) is 4.38. The molecule has 1 atom stereocenters. The van der Waals surface area contributed by atoms with Gasteiger partial charge in [0.1, 0.15) is 5.82 Å². The van der Waals surface area contributed by atoms with E-state index in [-0.39, 0.29) is 12.0 Å². The molecule has 120 valence electrons. The van der Waals surface area contributed by atoms with E-state index in [0.29, 0.717) is 5.56 Å². The van der Waals surface area contributed by atoms with Crippen LogP contribution in [0.25, 0.3) is 10.8 Å². The highest BCUT2D eigenvalue weighted by molar-refractivity contribution is 6.00. The van der Waals surface area contributed by atoms with Crippen LogP contribution < -0.4 is 5.73 Å². The first-order valence-corrected chi connectivity index (χ1v) is 7.62. The number of carbonyl (C=O) groups is 2. The minimum atomic E-state index is -0.790. The number of hydrogen-bond acceptors (Lipinski definition) is 2. The molecule has 1 amide bonds. The highest BCUT2D eigenvalue weighted by Gasteiger charge is 2.23. The number of fused-ring (bicyclic) bond motifs is 1. The maximum Gasteiger partial charge on any atom is 0.225 e. The highest BCUT2D eigenvalue weighted by Crippen LogP contribution is 2.26. The standard InChI is InChI=1S/C20H16FNO2/c21-18-8-4-3-7-16(18)19(23)12-17(20(22)24)15-10-9-13-5-1-2-6-14(13)11-15/h1-11,17H,12H2,(H2,22,24). The van der Waals surface area contributed by atoms with E-state index >= 15 is 0 Å². The predicted octanol–water partition coefficient (Wildman–Crippen LogP) is 3.82. The Labute approximate surface area is 138 Å². The van der Waals surface area contributed by atoms with Gasteiger partial charge in [-0.2, -0.15) is 0 Å². The van der Waals surface area contributed by atoms with Crippen molar-refractivity contribution < 1.29 is 14.0 Å². The Morgan fingerprint density at radius 2 is 1.58 bits per heavy atom. The van der Waals surface area contributed by atoms with Gasteiger partial charge in [0.25, 0.3) is 0 Å². The van der Waals surface area contributed by atoms with Gasteiger partial charge in [0.05, 0.1) is 11.5 Å². The summed E-state index contributed by atoms with van der Waals surface area (Å²) in [7, 11) is 0. The van der Waals surface area contributed by atoms with Crippen LogP contribution in [0.5, 0.6) is 0 Å². The van der Waals surface area contributed by atoms with Crippen LogP contribution in [0.1, 0.15) is 28.3 Å². The highest BCUT2D eigenvalue weighted by atomic mass is 19.1. The predicted molar refractivity (Wildman–Crippen MR) is 91.2 cm³/mol. The number of rotatable bonds is 5. The molecule has 0 bridgehead atoms. The van der Waals surface area contributed by atoms with Crippen LogP contribution in [0.4, 0.5) is 4.39 Å². The van der Waals surface area contributed by atoms with Gasteiger partial charge in [-0.1, -0.05) is 54.6 Å². The lowest BCUT2D eigenvalue weighted by Gasteiger charge is -2.14. The third kappa shape index (κ3) is 3.18. The van der Waals surface area contributed by atoms with Gasteiger partial charge in [-0.15, -0.1) is 0 Å². The van der Waals surface area contributed by atoms with Crippen molar-refractivity contribution in [2.75, 3.05) is 0 Å². The summed E-state index contributed by atoms with van der Waals surface area (Å²) in [4.78, 5) is 24.2. The molecule has 3 aromatic rings. The van der Waals surface area contributed by atoms with Crippen LogP contribution in [0, 0.1) is 5.82 Å². The second-order valence-corrected chi connectivity index (χ2v) is 5.67. The van der Waals surface area contributed by atoms with Crippen molar-refractivity contribution in [3.63, 3.8) is 0 Å². The molecule has 0 saturated heterocycles. The van der Waals surface area contributed by atoms with Gasteiger partial charge in [-0.25, -0.2) is 4.39 Å². The molecule has 0 spiro atoms. The van der Waals surface area contributed by atoms with Gasteiger partial charge in [0, 0.05) is 6.42 Å². The fourth-order valence-electron chi connectivity index (χ4n) is 2.79. The molecule has 0 aliphatic rings. The summed E-state index contributed by atoms with van der Waals surface area (Å²) >= 11 is 0. The third-order valence-electron chi connectivity index (χ3n) is 4.08. The lowest BCUT2D eigenvalue weighted by Crippen LogP contribution is -2.24. The molecule has 1 unspecified atom stereocenters. The Morgan fingerprint density at radius 3 is 2.29 bits per heavy atom. The number of carbonyl (C=O) groups excluding carboxylic acids is 2. The van der Waals surface area contributed by atoms with E-state index in [1.807, 2.05) is 36.4 Å². The van der Waals surface area contributed by atoms with Crippen LogP contribution >= 0.6 is 0 Å². The van der Waals surface area contributed by atoms with Crippen molar-refractivity contribution in [2.24, 2.45) is 5.73 Å². The largest absolute Gasteiger partial charge is 0.369 e. The first-order valence-electron chi connectivity index (χ1n) is 7.62. The van der Waals surface area contributed by atoms with E-state index < -0.39 is 23.4 Å². The first-order chi connectivity index (χ1) is 11.6. The summed E-state index contributed by atoms with van der Waals surface area (Å²) in [5, 5.41) is 1.99. The second-order valence-electron chi connectivity index (χ2n) is 5.67. The molecule has 0 saturated carbocycles. The van der Waals surface area contributed by atoms with Gasteiger partial charge in [-0.05, 0) is 28.5 Å². The Hall–Kier alpha value is -3.01. The number of nitrogens with two attached hydrogens (primary N) is 1. The summed E-state index contributed by atoms with van der Waals surface area (Å²) in [6.07, 6.45) is -0.158. The van der Waals surface area contributed by atoms with Gasteiger partial charge >= 0.3 is 0 Å². The average Bonchev–Trinajstić information content (AvgIpc) is 2.59. The van der Waals surface area contributed by atoms with Crippen LogP contribution in [0.2, 0.25) is 0 Å². The van der Waals surface area contributed by atoms with Crippen molar-refractivity contribution in [3.8, 4) is 0 Å². The van der Waals surface area contributed by atoms with Gasteiger partial charge < -0.3 is 5.73 Å². The topological polar surface area (TPSA) is 60.2 Å². The van der Waals surface area contributed by atoms with E-state index in [9.17, 15) is 14.0 Å². The van der Waals surface area contributed by atoms with E-state index in [2.05, 4.69) is 0 Å². The zero-order valence-corrected chi connectivity index (χ0v) is 12.9. The van der Waals surface area contributed by atoms with Crippen molar-refractivity contribution >= 4 is 22.5 Å². The lowest BCUT2D eigenvalue weighted by atomic mass is 9.89. The van der Waals surface area contributed by atoms with Gasteiger partial charge in [-0.3, -0.25) is 9.59 Å². The number of primary amides is 1. The molecule has 3 aromatic carbocycles. The van der Waals surface area contributed by atoms with Crippen LogP contribution in [-0.2, 0) is 4.79 Å². The fourth-order valence-corrected chi connectivity index (χ4v) is 2.79. The molecular formula is C20H16FNO2. The third-order valence-corrected chi connectivity index (χ3v) is 4.08. The molecular weight excluding hydrogens is 305 g/mol. The molecule has 4 heteroatoms. The number of benzene rings is 3. The molecule has 24 heavy (non-hydrogen) atoms. The Balaban J connectivity index is 1.93. The fraction of sp³-hybridized carbons (Fsp3) is 0.100. The second kappa shape index (κ2) is 6.62. The molecule has 0 aromatic heterocycles. The number of halogens is 1. The van der Waals surface area contributed by atoms with Crippen LogP contribution in [0.3, 0.4) is 0 Å². The Bertz CT molecular complexity index is 920. The normalized spacial score (nSPS) is 12.0. The maximum atomic E-state index is 13.8. The van der Waals surface area contributed by atoms with E-state index in [1.165, 1.54) is 18.2 Å². The molecule has 3 nitrogen and oxygen atoms in total. The number of amides is 1. The van der Waals surface area contributed by atoms with Crippen molar-refractivity contribution in [1.82, 2.24) is 0 Å². The first kappa shape index (κ1) is 15.9. The van der Waals surface area contributed by atoms with Crippen molar-refractivity contribution in [1.29, 1.82) is 0 Å². The van der Waals surface area contributed by atoms with Gasteiger partial charge in [0.2, 0.25) is 5.91 Å². The quantitative estimate of drug-likeness (QED) is 0.726. The van der Waals surface area contributed by atoms with Crippen LogP contribution in [0.15, 0.2) is 66.7 Å². The smallest absolute Gasteiger partial charge is 0.225 e. The molecule has 0 radical (unpaired) electrons. The zero-order valence-electron chi connectivity index (χ0n) is 12.9. The van der Waals surface area contributed by atoms with Crippen molar-refractivity contribution in [3.05, 3.63) is 83.7 Å². The molecule has 3 rings (SSSR count). The van der Waals surface area contributed by atoms with Gasteiger partial charge in [0.15, 0.2) is 5.78 Å². The summed E-state index contributed by atoms with van der Waals surface area (Å²) < 4.78 is 13.8. The lowest BCUT2D eigenvalue weighted by molar-refractivity contribution is -0.119. The maximum absolute atomic E-state index is 13.8. The molecule has 0 fully saturated rings. The minimum Gasteiger partial charge on any atom is -0.369 e. The molecule has 0 heterocycles. The van der Waals surface area contributed by atoms with Crippen molar-refractivity contribution in [2.45, 2.75) is 12.3 Å². The van der Waals surface area contributed by atoms with Crippen LogP contribution in [-0.4, -0.2) is 11.7 Å². The summed E-state index contributed by atoms with van der Waals surface area (Å²) in [6.45, 7) is 0. The molecule has 0 aliphatic carbocycles. The molecule has 2 N–H and O–H groups in total. The minimum absolute atomic E-state index is 0.0236. The summed E-state index contributed by atoms with van der Waals surface area (Å²) in [5.41, 5.74) is 6.13. The summed E-state index contributed by atoms with van der Waals surface area (Å²) in [5.74, 6) is -2.43. The van der Waals surface area contributed by atoms with E-state index in [4.69, 9.17) is 5.73 Å². The van der Waals surface area contributed by atoms with E-state index in [0.717, 1.165) is 10.8 Å². The van der Waals surface area contributed by atoms with E-state index in [1.54, 1.807) is 12.1 Å². The average molecular weight is 321 g/mol. The zero-order chi connectivity index (χ0) is 17.1. The monoisotopic (exact) mass is 321 g/mol. The Morgan fingerprint density at radius 1 is 0.917 bits per heavy atom. The summed E-state index contributed by atoms with van der Waals surface area (Å²) in [6, 6.07) is 19.0. The molecule has 0 aliphatic heterocycles.